The van der Waals surface area contributed by atoms with E-state index in [1.165, 1.54) is 16.2 Å². The summed E-state index contributed by atoms with van der Waals surface area (Å²) in [5, 5.41) is 25.6. The summed E-state index contributed by atoms with van der Waals surface area (Å²) >= 11 is 0. The van der Waals surface area contributed by atoms with E-state index in [9.17, 15) is 14.8 Å². The van der Waals surface area contributed by atoms with Gasteiger partial charge < -0.3 is 10.0 Å². The molecule has 1 aromatic carbocycles. The summed E-state index contributed by atoms with van der Waals surface area (Å²) in [4.78, 5) is 12.5. The second-order valence-electron chi connectivity index (χ2n) is 6.98. The van der Waals surface area contributed by atoms with E-state index in [0.29, 0.717) is 30.0 Å². The van der Waals surface area contributed by atoms with Gasteiger partial charge in [-0.15, -0.1) is 0 Å². The highest BCUT2D eigenvalue weighted by Gasteiger charge is 2.17. The summed E-state index contributed by atoms with van der Waals surface area (Å²) in [6, 6.07) is 6.70. The van der Waals surface area contributed by atoms with Crippen LogP contribution in [0, 0.1) is 11.8 Å². The van der Waals surface area contributed by atoms with Crippen LogP contribution in [-0.2, 0) is 4.79 Å². The Hall–Kier alpha value is -1.74. The Kier molecular flexibility index (Phi) is 8.78. The molecule has 8 heteroatoms. The Morgan fingerprint density at radius 1 is 1.24 bits per heavy atom. The summed E-state index contributed by atoms with van der Waals surface area (Å²) in [6.45, 7) is 9.29. The lowest BCUT2D eigenvalue weighted by atomic mass is 9.80. The van der Waals surface area contributed by atoms with E-state index in [2.05, 4.69) is 5.10 Å². The molecule has 0 unspecified atom stereocenters. The van der Waals surface area contributed by atoms with Gasteiger partial charge in [0.1, 0.15) is 0 Å². The zero-order valence-corrected chi connectivity index (χ0v) is 15.5. The molecule has 1 rings (SSSR count). The van der Waals surface area contributed by atoms with E-state index >= 15 is 0 Å². The van der Waals surface area contributed by atoms with Crippen LogP contribution in [0.3, 0.4) is 0 Å². The molecule has 0 aliphatic heterocycles. The summed E-state index contributed by atoms with van der Waals surface area (Å²) in [7, 11) is -1.54. The van der Waals surface area contributed by atoms with Gasteiger partial charge in [-0.25, -0.2) is 10.0 Å². The van der Waals surface area contributed by atoms with Gasteiger partial charge in [-0.3, -0.25) is 10.6 Å². The number of hydrogen-bond donors (Lipinski definition) is 3. The summed E-state index contributed by atoms with van der Waals surface area (Å²) in [6.07, 6.45) is 1.54. The van der Waals surface area contributed by atoms with Gasteiger partial charge in [0.15, 0.2) is 0 Å². The monoisotopic (exact) mass is 348 g/mol. The largest absolute Gasteiger partial charge is 0.488 e. The van der Waals surface area contributed by atoms with Crippen molar-refractivity contribution >= 4 is 24.7 Å². The first-order valence-corrected chi connectivity index (χ1v) is 8.49. The van der Waals surface area contributed by atoms with Crippen LogP contribution in [0.4, 0.5) is 0 Å². The van der Waals surface area contributed by atoms with Gasteiger partial charge in [0, 0.05) is 13.1 Å². The maximum atomic E-state index is 12.5. The summed E-state index contributed by atoms with van der Waals surface area (Å²) in [5.41, 5.74) is 1.05. The highest BCUT2D eigenvalue weighted by Crippen LogP contribution is 2.03. The first kappa shape index (κ1) is 21.3. The third-order valence-electron chi connectivity index (χ3n) is 3.32. The number of nitrogens with two attached hydrogens (primary N) is 1. The molecule has 0 saturated carbocycles. The first-order chi connectivity index (χ1) is 11.7. The predicted octanol–water partition coefficient (Wildman–Crippen LogP) is 0.0166. The number of carbonyl (C=O) groups excluding carboxylic acids is 1. The van der Waals surface area contributed by atoms with Crippen LogP contribution in [0.5, 0.6) is 0 Å². The van der Waals surface area contributed by atoms with E-state index in [0.717, 1.165) is 0 Å². The number of rotatable bonds is 9. The van der Waals surface area contributed by atoms with Crippen LogP contribution in [0.2, 0.25) is 0 Å². The maximum Gasteiger partial charge on any atom is 0.488 e. The fraction of sp³-hybridized carbons (Fsp3) is 0.529. The van der Waals surface area contributed by atoms with Crippen molar-refractivity contribution in [3.8, 4) is 0 Å². The lowest BCUT2D eigenvalue weighted by molar-refractivity contribution is -0.133. The molecule has 0 heterocycles. The van der Waals surface area contributed by atoms with E-state index in [1.54, 1.807) is 24.3 Å². The van der Waals surface area contributed by atoms with Crippen LogP contribution in [0.25, 0.3) is 0 Å². The molecule has 0 atom stereocenters. The third-order valence-corrected chi connectivity index (χ3v) is 3.32. The molecule has 4 N–H and O–H groups in total. The van der Waals surface area contributed by atoms with Gasteiger partial charge in [0.25, 0.3) is 5.91 Å². The molecule has 0 spiro atoms. The summed E-state index contributed by atoms with van der Waals surface area (Å²) in [5.74, 6) is 6.33. The third kappa shape index (κ3) is 8.26. The number of hydrazone groups is 1. The zero-order valence-electron chi connectivity index (χ0n) is 15.5. The van der Waals surface area contributed by atoms with Crippen molar-refractivity contribution in [3.63, 3.8) is 0 Å². The van der Waals surface area contributed by atoms with E-state index in [-0.39, 0.29) is 18.4 Å². The van der Waals surface area contributed by atoms with Crippen LogP contribution in [-0.4, -0.2) is 58.9 Å². The lowest BCUT2D eigenvalue weighted by Gasteiger charge is -2.23. The fourth-order valence-corrected chi connectivity index (χ4v) is 2.28. The van der Waals surface area contributed by atoms with Crippen molar-refractivity contribution in [2.75, 3.05) is 19.6 Å². The Morgan fingerprint density at radius 3 is 2.44 bits per heavy atom. The molecule has 0 aliphatic carbocycles. The second kappa shape index (κ2) is 10.3. The van der Waals surface area contributed by atoms with Crippen molar-refractivity contribution in [2.24, 2.45) is 22.8 Å². The molecule has 0 bridgehead atoms. The van der Waals surface area contributed by atoms with Crippen LogP contribution in [0.1, 0.15) is 33.3 Å². The number of amides is 1. The molecule has 1 aromatic rings. The molecular weight excluding hydrogens is 319 g/mol. The number of carbonyl (C=O) groups is 1. The number of hydrazine groups is 1. The maximum absolute atomic E-state index is 12.5. The average Bonchev–Trinajstić information content (AvgIpc) is 2.50. The highest BCUT2D eigenvalue weighted by atomic mass is 16.4. The average molecular weight is 348 g/mol. The van der Waals surface area contributed by atoms with E-state index in [4.69, 9.17) is 5.84 Å². The molecule has 1 amide bonds. The Bertz CT molecular complexity index is 579. The second-order valence-corrected chi connectivity index (χ2v) is 6.98. The van der Waals surface area contributed by atoms with Crippen LogP contribution in [0.15, 0.2) is 29.4 Å². The fourth-order valence-electron chi connectivity index (χ4n) is 2.28. The number of hydrogen-bond acceptors (Lipinski definition) is 6. The smallest absolute Gasteiger partial charge is 0.423 e. The van der Waals surface area contributed by atoms with Gasteiger partial charge in [0.2, 0.25) is 0 Å². The van der Waals surface area contributed by atoms with Crippen molar-refractivity contribution in [1.82, 2.24) is 10.0 Å². The minimum atomic E-state index is -1.54. The minimum absolute atomic E-state index is 0.0949. The van der Waals surface area contributed by atoms with Crippen LogP contribution >= 0.6 is 0 Å². The zero-order chi connectivity index (χ0) is 19.0. The Morgan fingerprint density at radius 2 is 1.88 bits per heavy atom. The molecule has 0 radical (unpaired) electrons. The predicted molar refractivity (Wildman–Crippen MR) is 101 cm³/mol. The van der Waals surface area contributed by atoms with Gasteiger partial charge in [-0.05, 0) is 22.9 Å². The molecule has 0 saturated heterocycles. The Labute approximate surface area is 150 Å². The number of benzene rings is 1. The van der Waals surface area contributed by atoms with Crippen molar-refractivity contribution in [2.45, 2.75) is 27.7 Å². The van der Waals surface area contributed by atoms with Gasteiger partial charge in [-0.1, -0.05) is 52.0 Å². The van der Waals surface area contributed by atoms with E-state index < -0.39 is 7.12 Å². The SMILES string of the molecule is CC(C)CN(N)CC(=O)N(CC(C)C)N=Cc1cccc(B(O)O)c1. The normalized spacial score (nSPS) is 11.8. The molecular formula is C17H29BN4O3. The van der Waals surface area contributed by atoms with Crippen molar-refractivity contribution < 1.29 is 14.8 Å². The standard InChI is InChI=1S/C17H29BN4O3/c1-13(2)10-21(19)12-17(23)22(11-14(3)4)20-9-15-6-5-7-16(8-15)18(24)25/h5-9,13-14,24-25H,10-12,19H2,1-4H3. The Balaban J connectivity index is 2.84. The van der Waals surface area contributed by atoms with Gasteiger partial charge in [-0.2, -0.15) is 5.10 Å². The molecule has 0 fully saturated rings. The van der Waals surface area contributed by atoms with Crippen molar-refractivity contribution in [3.05, 3.63) is 29.8 Å². The van der Waals surface area contributed by atoms with Crippen LogP contribution < -0.4 is 11.3 Å². The number of nitrogens with zero attached hydrogens (tertiary/aromatic N) is 3. The molecule has 138 valence electrons. The summed E-state index contributed by atoms with van der Waals surface area (Å²) < 4.78 is 0. The quantitative estimate of drug-likeness (QED) is 0.253. The molecule has 7 nitrogen and oxygen atoms in total. The topological polar surface area (TPSA) is 102 Å². The van der Waals surface area contributed by atoms with E-state index in [1.807, 2.05) is 27.7 Å². The minimum Gasteiger partial charge on any atom is -0.423 e. The molecule has 0 aliphatic rings. The van der Waals surface area contributed by atoms with Gasteiger partial charge >= 0.3 is 7.12 Å². The molecule has 25 heavy (non-hydrogen) atoms. The highest BCUT2D eigenvalue weighted by molar-refractivity contribution is 6.58. The molecule has 0 aromatic heterocycles. The first-order valence-electron chi connectivity index (χ1n) is 8.49. The van der Waals surface area contributed by atoms with Crippen molar-refractivity contribution in [1.29, 1.82) is 0 Å². The lowest BCUT2D eigenvalue weighted by Crippen LogP contribution is -2.44. The van der Waals surface area contributed by atoms with Gasteiger partial charge in [0.05, 0.1) is 12.8 Å².